The minimum Gasteiger partial charge on any atom is -0.456 e. The third-order valence-electron chi connectivity index (χ3n) is 5.01. The van der Waals surface area contributed by atoms with Gasteiger partial charge in [0.1, 0.15) is 11.4 Å². The van der Waals surface area contributed by atoms with Crippen molar-refractivity contribution >= 4 is 32.0 Å². The van der Waals surface area contributed by atoms with Gasteiger partial charge in [-0.05, 0) is 45.4 Å². The maximum Gasteiger partial charge on any atom is 0.299 e. The number of halogens is 2. The van der Waals surface area contributed by atoms with E-state index in [0.29, 0.717) is 5.56 Å². The SMILES string of the molecule is C=C/C=C(\C(=C)F)[C@H](C)N=C1NS(=O)(=O)C(C)(c2cccc(Br)c2)C(C)(C)O1. The van der Waals surface area contributed by atoms with Gasteiger partial charge in [-0.1, -0.05) is 53.4 Å². The highest BCUT2D eigenvalue weighted by Crippen LogP contribution is 2.45. The summed E-state index contributed by atoms with van der Waals surface area (Å²) in [5.41, 5.74) is -0.412. The van der Waals surface area contributed by atoms with Crippen molar-refractivity contribution in [3.63, 3.8) is 0 Å². The monoisotopic (exact) mass is 470 g/mol. The Labute approximate surface area is 174 Å². The molecule has 0 radical (unpaired) electrons. The van der Waals surface area contributed by atoms with E-state index in [2.05, 4.69) is 38.8 Å². The molecule has 152 valence electrons. The van der Waals surface area contributed by atoms with E-state index in [9.17, 15) is 12.8 Å². The highest BCUT2D eigenvalue weighted by Gasteiger charge is 2.59. The summed E-state index contributed by atoms with van der Waals surface area (Å²) in [5.74, 6) is -0.673. The van der Waals surface area contributed by atoms with Gasteiger partial charge in [-0.15, -0.1) is 0 Å². The van der Waals surface area contributed by atoms with E-state index in [1.165, 1.54) is 12.2 Å². The standard InChI is InChI=1S/C20H24BrFN2O3S/c1-7-9-17(13(2)22)14(3)23-18-24-28(25,26)20(6,19(4,5)27-18)15-10-8-11-16(21)12-15/h7-12,14H,1-2H2,3-6H3,(H,23,24)/b17-9+/t14-,20?/m0/s1. The Kier molecular flexibility index (Phi) is 6.25. The van der Waals surface area contributed by atoms with E-state index in [0.717, 1.165) is 4.47 Å². The number of amidine groups is 1. The molecule has 1 aromatic carbocycles. The molecule has 2 atom stereocenters. The smallest absolute Gasteiger partial charge is 0.299 e. The fourth-order valence-electron chi connectivity index (χ4n) is 3.07. The highest BCUT2D eigenvalue weighted by molar-refractivity contribution is 9.10. The predicted octanol–water partition coefficient (Wildman–Crippen LogP) is 4.73. The van der Waals surface area contributed by atoms with Crippen LogP contribution in [0.4, 0.5) is 4.39 Å². The Balaban J connectivity index is 2.51. The van der Waals surface area contributed by atoms with Gasteiger partial charge in [0.15, 0.2) is 4.75 Å². The van der Waals surface area contributed by atoms with Crippen LogP contribution in [-0.2, 0) is 19.5 Å². The summed E-state index contributed by atoms with van der Waals surface area (Å²) < 4.78 is 47.9. The van der Waals surface area contributed by atoms with Crippen LogP contribution >= 0.6 is 15.9 Å². The lowest BCUT2D eigenvalue weighted by atomic mass is 9.85. The fourth-order valence-corrected chi connectivity index (χ4v) is 5.12. The largest absolute Gasteiger partial charge is 0.456 e. The van der Waals surface area contributed by atoms with E-state index in [-0.39, 0.29) is 11.6 Å². The lowest BCUT2D eigenvalue weighted by Gasteiger charge is -2.47. The molecule has 1 saturated heterocycles. The Morgan fingerprint density at radius 1 is 1.39 bits per heavy atom. The van der Waals surface area contributed by atoms with E-state index in [1.54, 1.807) is 45.9 Å². The van der Waals surface area contributed by atoms with Crippen LogP contribution in [0.3, 0.4) is 0 Å². The molecule has 8 heteroatoms. The van der Waals surface area contributed by atoms with Gasteiger partial charge in [0, 0.05) is 10.0 Å². The molecule has 2 rings (SSSR count). The van der Waals surface area contributed by atoms with Crippen molar-refractivity contribution in [2.24, 2.45) is 4.99 Å². The second-order valence-corrected chi connectivity index (χ2v) is 10.1. The summed E-state index contributed by atoms with van der Waals surface area (Å²) in [5, 5.41) is 0. The van der Waals surface area contributed by atoms with E-state index in [1.807, 2.05) is 6.07 Å². The number of benzene rings is 1. The molecule has 1 heterocycles. The number of rotatable bonds is 5. The van der Waals surface area contributed by atoms with Crippen LogP contribution in [0.5, 0.6) is 0 Å². The molecule has 1 aliphatic heterocycles. The van der Waals surface area contributed by atoms with Crippen LogP contribution in [0.25, 0.3) is 0 Å². The summed E-state index contributed by atoms with van der Waals surface area (Å²) in [6, 6.07) is 6.14. The van der Waals surface area contributed by atoms with Crippen molar-refractivity contribution in [1.82, 2.24) is 4.72 Å². The molecule has 0 aromatic heterocycles. The normalized spacial score (nSPS) is 26.1. The van der Waals surface area contributed by atoms with E-state index >= 15 is 0 Å². The number of nitrogens with one attached hydrogen (secondary N) is 1. The first-order valence-corrected chi connectivity index (χ1v) is 10.9. The van der Waals surface area contributed by atoms with Gasteiger partial charge >= 0.3 is 0 Å². The number of nitrogens with zero attached hydrogens (tertiary/aromatic N) is 1. The van der Waals surface area contributed by atoms with E-state index in [4.69, 9.17) is 4.74 Å². The summed E-state index contributed by atoms with van der Waals surface area (Å²) >= 11 is 3.38. The first kappa shape index (κ1) is 22.4. The molecule has 1 aliphatic rings. The molecule has 0 amide bonds. The van der Waals surface area contributed by atoms with Gasteiger partial charge in [0.05, 0.1) is 6.04 Å². The Bertz CT molecular complexity index is 969. The number of sulfonamides is 1. The van der Waals surface area contributed by atoms with Crippen LogP contribution in [0, 0.1) is 0 Å². The second kappa shape index (κ2) is 7.83. The molecular weight excluding hydrogens is 447 g/mol. The third-order valence-corrected chi connectivity index (χ3v) is 7.75. The number of hydrogen-bond acceptors (Lipinski definition) is 4. The molecule has 1 fully saturated rings. The van der Waals surface area contributed by atoms with Gasteiger partial charge in [-0.3, -0.25) is 0 Å². The van der Waals surface area contributed by atoms with Crippen molar-refractivity contribution in [2.45, 2.75) is 44.1 Å². The van der Waals surface area contributed by atoms with Crippen LogP contribution in [0.2, 0.25) is 0 Å². The van der Waals surface area contributed by atoms with Crippen LogP contribution < -0.4 is 4.72 Å². The average Bonchev–Trinajstić information content (AvgIpc) is 2.56. The van der Waals surface area contributed by atoms with Gasteiger partial charge < -0.3 is 4.74 Å². The Morgan fingerprint density at radius 2 is 2.04 bits per heavy atom. The number of aliphatic imine (C=N–C) groups is 1. The first-order chi connectivity index (χ1) is 12.9. The molecule has 0 spiro atoms. The van der Waals surface area contributed by atoms with Crippen molar-refractivity contribution in [1.29, 1.82) is 0 Å². The van der Waals surface area contributed by atoms with Crippen molar-refractivity contribution in [3.8, 4) is 0 Å². The van der Waals surface area contributed by atoms with Gasteiger partial charge in [-0.2, -0.15) is 0 Å². The zero-order chi connectivity index (χ0) is 21.3. The minimum absolute atomic E-state index is 0.184. The number of hydrogen-bond donors (Lipinski definition) is 1. The number of allylic oxidation sites excluding steroid dienone is 2. The van der Waals surface area contributed by atoms with Crippen LogP contribution in [-0.4, -0.2) is 26.1 Å². The molecular formula is C20H24BrFN2O3S. The molecule has 0 aliphatic carbocycles. The molecule has 1 aromatic rings. The van der Waals surface area contributed by atoms with Gasteiger partial charge in [-0.25, -0.2) is 22.5 Å². The quantitative estimate of drug-likeness (QED) is 0.632. The topological polar surface area (TPSA) is 67.8 Å². The first-order valence-electron chi connectivity index (χ1n) is 8.58. The van der Waals surface area contributed by atoms with Crippen LogP contribution in [0.1, 0.15) is 33.3 Å². The average molecular weight is 471 g/mol. The molecule has 0 bridgehead atoms. The summed E-state index contributed by atoms with van der Waals surface area (Å²) in [6.45, 7) is 13.4. The van der Waals surface area contributed by atoms with E-state index < -0.39 is 32.2 Å². The molecule has 5 nitrogen and oxygen atoms in total. The van der Waals surface area contributed by atoms with Gasteiger partial charge in [0.2, 0.25) is 10.0 Å². The van der Waals surface area contributed by atoms with Crippen molar-refractivity contribution < 1.29 is 17.5 Å². The Morgan fingerprint density at radius 3 is 2.54 bits per heavy atom. The minimum atomic E-state index is -3.94. The van der Waals surface area contributed by atoms with Crippen molar-refractivity contribution in [2.75, 3.05) is 0 Å². The second-order valence-electron chi connectivity index (χ2n) is 7.13. The molecule has 1 N–H and O–H groups in total. The maximum atomic E-state index is 13.7. The zero-order valence-electron chi connectivity index (χ0n) is 16.3. The summed E-state index contributed by atoms with van der Waals surface area (Å²) in [6.07, 6.45) is 2.85. The lowest BCUT2D eigenvalue weighted by Crippen LogP contribution is -2.64. The predicted molar refractivity (Wildman–Crippen MR) is 114 cm³/mol. The third kappa shape index (κ3) is 3.93. The van der Waals surface area contributed by atoms with Crippen molar-refractivity contribution in [3.05, 3.63) is 71.0 Å². The fraction of sp³-hybridized carbons (Fsp3) is 0.350. The molecule has 1 unspecified atom stereocenters. The summed E-state index contributed by atoms with van der Waals surface area (Å²) in [4.78, 5) is 4.22. The number of ether oxygens (including phenoxy) is 1. The lowest BCUT2D eigenvalue weighted by molar-refractivity contribution is 0.0385. The molecule has 28 heavy (non-hydrogen) atoms. The maximum absolute atomic E-state index is 13.7. The van der Waals surface area contributed by atoms with Gasteiger partial charge in [0.25, 0.3) is 6.02 Å². The van der Waals surface area contributed by atoms with Crippen LogP contribution in [0.15, 0.2) is 70.4 Å². The molecule has 0 saturated carbocycles. The zero-order valence-corrected chi connectivity index (χ0v) is 18.7. The highest BCUT2D eigenvalue weighted by atomic mass is 79.9. The summed E-state index contributed by atoms with van der Waals surface area (Å²) in [7, 11) is -3.94. The Hall–Kier alpha value is -1.93.